The van der Waals surface area contributed by atoms with Crippen LogP contribution in [0.25, 0.3) is 0 Å². The molecule has 2 N–H and O–H groups in total. The molecule has 156 valence electrons. The maximum absolute atomic E-state index is 12.9. The fourth-order valence-corrected chi connectivity index (χ4v) is 3.40. The Kier molecular flexibility index (Phi) is 7.13. The van der Waals surface area contributed by atoms with Crippen LogP contribution in [0.4, 0.5) is 5.82 Å². The Balaban J connectivity index is 1.72. The Labute approximate surface area is 185 Å². The van der Waals surface area contributed by atoms with Gasteiger partial charge in [0.15, 0.2) is 0 Å². The summed E-state index contributed by atoms with van der Waals surface area (Å²) in [6.45, 7) is 4.11. The van der Waals surface area contributed by atoms with Crippen LogP contribution >= 0.6 is 23.2 Å². The molecule has 0 bridgehead atoms. The fourth-order valence-electron chi connectivity index (χ4n) is 2.93. The number of rotatable bonds is 7. The number of nitrogens with one attached hydrogen (secondary N) is 2. The van der Waals surface area contributed by atoms with Crippen LogP contribution in [-0.2, 0) is 11.3 Å². The zero-order valence-corrected chi connectivity index (χ0v) is 18.1. The molecule has 0 saturated heterocycles. The average Bonchev–Trinajstić information content (AvgIpc) is 3.15. The van der Waals surface area contributed by atoms with Crippen molar-refractivity contribution in [1.82, 2.24) is 15.1 Å². The topological polar surface area (TPSA) is 76.0 Å². The number of aromatic nitrogens is 2. The van der Waals surface area contributed by atoms with Crippen LogP contribution < -0.4 is 10.6 Å². The molecule has 0 unspecified atom stereocenters. The lowest BCUT2D eigenvalue weighted by molar-refractivity contribution is -0.118. The molecule has 0 saturated carbocycles. The summed E-state index contributed by atoms with van der Waals surface area (Å²) in [5, 5.41) is 11.0. The Bertz CT molecular complexity index is 1030. The Hall–Kier alpha value is -2.83. The molecule has 2 amide bonds. The summed E-state index contributed by atoms with van der Waals surface area (Å²) in [5.74, 6) is -0.227. The molecule has 30 heavy (non-hydrogen) atoms. The average molecular weight is 445 g/mol. The van der Waals surface area contributed by atoms with Gasteiger partial charge in [-0.05, 0) is 35.7 Å². The van der Waals surface area contributed by atoms with Crippen molar-refractivity contribution in [2.45, 2.75) is 26.4 Å². The van der Waals surface area contributed by atoms with Crippen LogP contribution in [0.1, 0.15) is 29.8 Å². The summed E-state index contributed by atoms with van der Waals surface area (Å²) in [4.78, 5) is 25.4. The monoisotopic (exact) mass is 444 g/mol. The summed E-state index contributed by atoms with van der Waals surface area (Å²) in [6, 6.07) is 15.0. The number of hydrogen-bond acceptors (Lipinski definition) is 3. The van der Waals surface area contributed by atoms with Gasteiger partial charge in [-0.1, -0.05) is 61.3 Å². The molecule has 1 aromatic heterocycles. The van der Waals surface area contributed by atoms with Gasteiger partial charge in [0.25, 0.3) is 5.91 Å². The molecule has 0 aliphatic carbocycles. The largest absolute Gasteiger partial charge is 0.340 e. The summed E-state index contributed by atoms with van der Waals surface area (Å²) in [6.07, 6.45) is 1.59. The Morgan fingerprint density at radius 1 is 1.07 bits per heavy atom. The maximum atomic E-state index is 12.9. The first-order valence-electron chi connectivity index (χ1n) is 9.47. The first-order valence-corrected chi connectivity index (χ1v) is 10.2. The highest BCUT2D eigenvalue weighted by Gasteiger charge is 2.25. The first-order chi connectivity index (χ1) is 14.3. The molecule has 2 aromatic carbocycles. The number of anilines is 1. The normalized spacial score (nSPS) is 11.9. The Morgan fingerprint density at radius 2 is 1.80 bits per heavy atom. The second-order valence-electron chi connectivity index (χ2n) is 7.16. The standard InChI is InChI=1S/C22H22Cl2N4O2/c1-14(2)20(27-21(29)15-6-4-3-5-7-15)22(30)26-19-10-11-25-28(19)13-16-8-9-17(23)12-18(16)24/h3-12,14,20H,13H2,1-2H3,(H,26,30)(H,27,29)/t20-/m0/s1. The van der Waals surface area contributed by atoms with Gasteiger partial charge in [0.2, 0.25) is 5.91 Å². The van der Waals surface area contributed by atoms with Crippen molar-refractivity contribution in [2.75, 3.05) is 5.32 Å². The van der Waals surface area contributed by atoms with E-state index in [4.69, 9.17) is 23.2 Å². The molecule has 1 heterocycles. The third-order valence-electron chi connectivity index (χ3n) is 4.57. The van der Waals surface area contributed by atoms with Crippen molar-refractivity contribution in [3.05, 3.63) is 82.0 Å². The van der Waals surface area contributed by atoms with E-state index in [-0.39, 0.29) is 17.7 Å². The Morgan fingerprint density at radius 3 is 2.47 bits per heavy atom. The smallest absolute Gasteiger partial charge is 0.251 e. The number of hydrogen-bond donors (Lipinski definition) is 2. The lowest BCUT2D eigenvalue weighted by Crippen LogP contribution is -2.47. The van der Waals surface area contributed by atoms with Crippen LogP contribution in [-0.4, -0.2) is 27.6 Å². The molecule has 1 atom stereocenters. The number of carbonyl (C=O) groups is 2. The van der Waals surface area contributed by atoms with Crippen molar-refractivity contribution in [3.8, 4) is 0 Å². The summed E-state index contributed by atoms with van der Waals surface area (Å²) in [5.41, 5.74) is 1.32. The van der Waals surface area contributed by atoms with Gasteiger partial charge < -0.3 is 10.6 Å². The van der Waals surface area contributed by atoms with Gasteiger partial charge in [-0.2, -0.15) is 5.10 Å². The number of halogens is 2. The van der Waals surface area contributed by atoms with E-state index in [0.717, 1.165) is 5.56 Å². The van der Waals surface area contributed by atoms with Crippen molar-refractivity contribution < 1.29 is 9.59 Å². The number of carbonyl (C=O) groups excluding carboxylic acids is 2. The zero-order valence-electron chi connectivity index (χ0n) is 16.6. The molecular formula is C22H22Cl2N4O2. The number of amides is 2. The molecule has 6 nitrogen and oxygen atoms in total. The molecule has 0 aliphatic heterocycles. The summed E-state index contributed by atoms with van der Waals surface area (Å²) >= 11 is 12.2. The molecule has 3 aromatic rings. The van der Waals surface area contributed by atoms with E-state index in [1.807, 2.05) is 26.0 Å². The van der Waals surface area contributed by atoms with Crippen LogP contribution in [0, 0.1) is 5.92 Å². The van der Waals surface area contributed by atoms with Gasteiger partial charge in [0.05, 0.1) is 12.7 Å². The molecular weight excluding hydrogens is 423 g/mol. The van der Waals surface area contributed by atoms with E-state index in [0.29, 0.717) is 28.0 Å². The lowest BCUT2D eigenvalue weighted by Gasteiger charge is -2.22. The summed E-state index contributed by atoms with van der Waals surface area (Å²) in [7, 11) is 0. The lowest BCUT2D eigenvalue weighted by atomic mass is 10.0. The minimum atomic E-state index is -0.708. The SMILES string of the molecule is CC(C)[C@H](NC(=O)c1ccccc1)C(=O)Nc1ccnn1Cc1ccc(Cl)cc1Cl. The first kappa shape index (κ1) is 21.9. The predicted octanol–water partition coefficient (Wildman–Crippen LogP) is 4.63. The van der Waals surface area contributed by atoms with Gasteiger partial charge in [-0.25, -0.2) is 4.68 Å². The van der Waals surface area contributed by atoms with E-state index in [2.05, 4.69) is 15.7 Å². The van der Waals surface area contributed by atoms with Gasteiger partial charge in [-0.15, -0.1) is 0 Å². The third kappa shape index (κ3) is 5.40. The molecule has 8 heteroatoms. The zero-order chi connectivity index (χ0) is 21.7. The number of benzene rings is 2. The summed E-state index contributed by atoms with van der Waals surface area (Å²) < 4.78 is 1.63. The highest BCUT2D eigenvalue weighted by molar-refractivity contribution is 6.35. The van der Waals surface area contributed by atoms with Crippen molar-refractivity contribution >= 4 is 40.8 Å². The third-order valence-corrected chi connectivity index (χ3v) is 5.16. The van der Waals surface area contributed by atoms with Crippen molar-refractivity contribution in [2.24, 2.45) is 5.92 Å². The highest BCUT2D eigenvalue weighted by atomic mass is 35.5. The van der Waals surface area contributed by atoms with Crippen LogP contribution in [0.2, 0.25) is 10.0 Å². The van der Waals surface area contributed by atoms with E-state index >= 15 is 0 Å². The van der Waals surface area contributed by atoms with E-state index < -0.39 is 6.04 Å². The van der Waals surface area contributed by atoms with E-state index in [1.165, 1.54) is 0 Å². The second kappa shape index (κ2) is 9.78. The molecule has 0 aliphatic rings. The molecule has 0 spiro atoms. The maximum Gasteiger partial charge on any atom is 0.251 e. The highest BCUT2D eigenvalue weighted by Crippen LogP contribution is 2.23. The van der Waals surface area contributed by atoms with Crippen molar-refractivity contribution in [3.63, 3.8) is 0 Å². The predicted molar refractivity (Wildman–Crippen MR) is 119 cm³/mol. The van der Waals surface area contributed by atoms with E-state index in [9.17, 15) is 9.59 Å². The minimum Gasteiger partial charge on any atom is -0.340 e. The molecule has 3 rings (SSSR count). The minimum absolute atomic E-state index is 0.111. The van der Waals surface area contributed by atoms with Gasteiger partial charge in [0.1, 0.15) is 11.9 Å². The fraction of sp³-hybridized carbons (Fsp3) is 0.227. The second-order valence-corrected chi connectivity index (χ2v) is 8.00. The van der Waals surface area contributed by atoms with Crippen LogP contribution in [0.5, 0.6) is 0 Å². The number of nitrogens with zero attached hydrogens (tertiary/aromatic N) is 2. The van der Waals surface area contributed by atoms with E-state index in [1.54, 1.807) is 53.3 Å². The van der Waals surface area contributed by atoms with Crippen LogP contribution in [0.3, 0.4) is 0 Å². The molecule has 0 fully saturated rings. The van der Waals surface area contributed by atoms with Gasteiger partial charge in [-0.3, -0.25) is 9.59 Å². The van der Waals surface area contributed by atoms with Crippen molar-refractivity contribution in [1.29, 1.82) is 0 Å². The quantitative estimate of drug-likeness (QED) is 0.557. The van der Waals surface area contributed by atoms with Gasteiger partial charge >= 0.3 is 0 Å². The molecule has 0 radical (unpaired) electrons. The van der Waals surface area contributed by atoms with Gasteiger partial charge in [0, 0.05) is 21.7 Å². The van der Waals surface area contributed by atoms with Crippen LogP contribution in [0.15, 0.2) is 60.8 Å².